The summed E-state index contributed by atoms with van der Waals surface area (Å²) in [5.41, 5.74) is 3.36. The van der Waals surface area contributed by atoms with Gasteiger partial charge in [0.2, 0.25) is 0 Å². The Kier molecular flexibility index (Phi) is 9.40. The van der Waals surface area contributed by atoms with Crippen LogP contribution in [0.3, 0.4) is 0 Å². The van der Waals surface area contributed by atoms with Crippen LogP contribution in [0.15, 0.2) is 41.5 Å². The maximum atomic E-state index is 12.3. The third-order valence-corrected chi connectivity index (χ3v) is 4.04. The number of benzene rings is 2. The van der Waals surface area contributed by atoms with Crippen LogP contribution >= 0.6 is 0 Å². The minimum atomic E-state index is -0.492. The van der Waals surface area contributed by atoms with Gasteiger partial charge in [-0.15, -0.1) is 6.42 Å². The third-order valence-electron chi connectivity index (χ3n) is 4.04. The van der Waals surface area contributed by atoms with Gasteiger partial charge in [-0.3, -0.25) is 9.59 Å². The highest BCUT2D eigenvalue weighted by molar-refractivity contribution is 5.97. The third kappa shape index (κ3) is 6.95. The summed E-state index contributed by atoms with van der Waals surface area (Å²) in [5, 5.41) is 6.41. The number of nitrogens with one attached hydrogen (secondary N) is 2. The van der Waals surface area contributed by atoms with Crippen LogP contribution in [0.5, 0.6) is 23.0 Å². The number of nitrogens with zero attached hydrogens (tertiary/aromatic N) is 1. The Hall–Kier alpha value is -4.19. The second kappa shape index (κ2) is 12.5. The highest BCUT2D eigenvalue weighted by Crippen LogP contribution is 2.28. The van der Waals surface area contributed by atoms with Gasteiger partial charge < -0.3 is 24.3 Å². The zero-order chi connectivity index (χ0) is 23.3. The average Bonchev–Trinajstić information content (AvgIpc) is 2.81. The maximum absolute atomic E-state index is 12.3. The maximum Gasteiger partial charge on any atom is 0.259 e. The number of hydrogen-bond donors (Lipinski definition) is 2. The van der Waals surface area contributed by atoms with Crippen LogP contribution < -0.4 is 29.7 Å². The monoisotopic (exact) mass is 439 g/mol. The van der Waals surface area contributed by atoms with Crippen molar-refractivity contribution < 1.29 is 28.5 Å². The van der Waals surface area contributed by atoms with E-state index < -0.39 is 11.8 Å². The zero-order valence-electron chi connectivity index (χ0n) is 18.1. The van der Waals surface area contributed by atoms with Gasteiger partial charge in [0.05, 0.1) is 33.6 Å². The van der Waals surface area contributed by atoms with E-state index in [1.807, 2.05) is 6.92 Å². The fourth-order valence-corrected chi connectivity index (χ4v) is 2.57. The molecule has 0 atom stereocenters. The number of terminal acetylenes is 1. The quantitative estimate of drug-likeness (QED) is 0.315. The van der Waals surface area contributed by atoms with E-state index in [0.717, 1.165) is 0 Å². The van der Waals surface area contributed by atoms with Crippen molar-refractivity contribution in [3.63, 3.8) is 0 Å². The molecule has 0 bridgehead atoms. The summed E-state index contributed by atoms with van der Waals surface area (Å²) in [7, 11) is 2.97. The summed E-state index contributed by atoms with van der Waals surface area (Å²) in [5.74, 6) is 3.41. The molecule has 9 nitrogen and oxygen atoms in total. The smallest absolute Gasteiger partial charge is 0.259 e. The largest absolute Gasteiger partial charge is 0.493 e. The molecule has 2 amide bonds. The van der Waals surface area contributed by atoms with Crippen molar-refractivity contribution in [2.24, 2.45) is 5.10 Å². The molecule has 0 aliphatic carbocycles. The van der Waals surface area contributed by atoms with Gasteiger partial charge in [-0.25, -0.2) is 5.43 Å². The van der Waals surface area contributed by atoms with Crippen molar-refractivity contribution >= 4 is 18.0 Å². The van der Waals surface area contributed by atoms with Crippen molar-refractivity contribution in [2.45, 2.75) is 6.92 Å². The van der Waals surface area contributed by atoms with Crippen molar-refractivity contribution in [1.29, 1.82) is 0 Å². The van der Waals surface area contributed by atoms with Crippen molar-refractivity contribution in [2.75, 3.05) is 34.0 Å². The first-order chi connectivity index (χ1) is 15.5. The van der Waals surface area contributed by atoms with E-state index in [-0.39, 0.29) is 13.2 Å². The van der Waals surface area contributed by atoms with E-state index in [1.54, 1.807) is 30.3 Å². The van der Waals surface area contributed by atoms with E-state index in [4.69, 9.17) is 25.4 Å². The minimum Gasteiger partial charge on any atom is -0.493 e. The standard InChI is InChI=1S/C23H25N3O6/c1-5-11-32-19-9-7-16(12-21(19)31-6-2)14-25-26-22(27)15-24-23(28)17-8-10-18(29-3)20(13-17)30-4/h1,7-10,12-14H,6,11,15H2,2-4H3,(H,24,28)(H,26,27)/b25-14-. The number of hydrogen-bond acceptors (Lipinski definition) is 7. The number of carbonyl (C=O) groups excluding carboxylic acids is 2. The number of hydrazone groups is 1. The molecule has 0 radical (unpaired) electrons. The summed E-state index contributed by atoms with van der Waals surface area (Å²) >= 11 is 0. The summed E-state index contributed by atoms with van der Waals surface area (Å²) in [4.78, 5) is 24.2. The summed E-state index contributed by atoms with van der Waals surface area (Å²) < 4.78 is 21.3. The number of methoxy groups -OCH3 is 2. The van der Waals surface area contributed by atoms with E-state index in [0.29, 0.717) is 40.7 Å². The van der Waals surface area contributed by atoms with Gasteiger partial charge in [-0.2, -0.15) is 5.10 Å². The first kappa shape index (κ1) is 24.1. The van der Waals surface area contributed by atoms with Gasteiger partial charge in [0.15, 0.2) is 23.0 Å². The topological polar surface area (TPSA) is 107 Å². The molecular formula is C23H25N3O6. The molecule has 2 rings (SSSR count). The lowest BCUT2D eigenvalue weighted by atomic mass is 10.2. The molecule has 0 aliphatic heterocycles. The first-order valence-corrected chi connectivity index (χ1v) is 9.67. The molecule has 0 aliphatic rings. The van der Waals surface area contributed by atoms with Crippen LogP contribution in [0.4, 0.5) is 0 Å². The van der Waals surface area contributed by atoms with Gasteiger partial charge in [0.25, 0.3) is 11.8 Å². The lowest BCUT2D eigenvalue weighted by Gasteiger charge is -2.10. The van der Waals surface area contributed by atoms with Crippen LogP contribution in [-0.2, 0) is 4.79 Å². The van der Waals surface area contributed by atoms with Gasteiger partial charge in [-0.1, -0.05) is 5.92 Å². The highest BCUT2D eigenvalue weighted by Gasteiger charge is 2.12. The molecule has 2 aromatic rings. The summed E-state index contributed by atoms with van der Waals surface area (Å²) in [6.45, 7) is 2.16. The molecule has 2 aromatic carbocycles. The SMILES string of the molecule is C#CCOc1ccc(/C=N\NC(=O)CNC(=O)c2ccc(OC)c(OC)c2)cc1OCC. The number of rotatable bonds is 11. The normalized spacial score (nSPS) is 10.2. The number of carbonyl (C=O) groups is 2. The lowest BCUT2D eigenvalue weighted by Crippen LogP contribution is -2.34. The molecule has 0 unspecified atom stereocenters. The van der Waals surface area contributed by atoms with Gasteiger partial charge in [-0.05, 0) is 48.9 Å². The average molecular weight is 439 g/mol. The molecule has 0 spiro atoms. The zero-order valence-corrected chi connectivity index (χ0v) is 18.1. The number of amides is 2. The van der Waals surface area contributed by atoms with E-state index in [2.05, 4.69) is 21.8 Å². The summed E-state index contributed by atoms with van der Waals surface area (Å²) in [6, 6.07) is 9.86. The molecule has 32 heavy (non-hydrogen) atoms. The van der Waals surface area contributed by atoms with Crippen LogP contribution in [0, 0.1) is 12.3 Å². The molecule has 168 valence electrons. The fraction of sp³-hybridized carbons (Fsp3) is 0.261. The van der Waals surface area contributed by atoms with E-state index in [9.17, 15) is 9.59 Å². The van der Waals surface area contributed by atoms with Crippen molar-refractivity contribution in [1.82, 2.24) is 10.7 Å². The van der Waals surface area contributed by atoms with E-state index in [1.165, 1.54) is 26.5 Å². The van der Waals surface area contributed by atoms with Crippen molar-refractivity contribution in [3.8, 4) is 35.3 Å². The van der Waals surface area contributed by atoms with Gasteiger partial charge >= 0.3 is 0 Å². The molecule has 0 aromatic heterocycles. The van der Waals surface area contributed by atoms with Crippen LogP contribution in [0.2, 0.25) is 0 Å². The molecule has 2 N–H and O–H groups in total. The Morgan fingerprint density at radius 3 is 2.47 bits per heavy atom. The fourth-order valence-electron chi connectivity index (χ4n) is 2.57. The predicted molar refractivity (Wildman–Crippen MR) is 120 cm³/mol. The van der Waals surface area contributed by atoms with Crippen LogP contribution in [-0.4, -0.2) is 52.0 Å². The molecular weight excluding hydrogens is 414 g/mol. The molecule has 0 heterocycles. The molecule has 9 heteroatoms. The molecule has 0 saturated heterocycles. The lowest BCUT2D eigenvalue weighted by molar-refractivity contribution is -0.120. The van der Waals surface area contributed by atoms with Crippen LogP contribution in [0.1, 0.15) is 22.8 Å². The Labute approximate surface area is 186 Å². The van der Waals surface area contributed by atoms with Gasteiger partial charge in [0.1, 0.15) is 6.61 Å². The Morgan fingerprint density at radius 1 is 1.03 bits per heavy atom. The molecule has 0 saturated carbocycles. The predicted octanol–water partition coefficient (Wildman–Crippen LogP) is 1.99. The highest BCUT2D eigenvalue weighted by atomic mass is 16.5. The minimum absolute atomic E-state index is 0.124. The summed E-state index contributed by atoms with van der Waals surface area (Å²) in [6.07, 6.45) is 6.66. The van der Waals surface area contributed by atoms with Crippen LogP contribution in [0.25, 0.3) is 0 Å². The Bertz CT molecular complexity index is 1010. The Balaban J connectivity index is 1.90. The van der Waals surface area contributed by atoms with E-state index >= 15 is 0 Å². The second-order valence-corrected chi connectivity index (χ2v) is 6.18. The van der Waals surface area contributed by atoms with Crippen molar-refractivity contribution in [3.05, 3.63) is 47.5 Å². The Morgan fingerprint density at radius 2 is 1.78 bits per heavy atom. The first-order valence-electron chi connectivity index (χ1n) is 9.67. The van der Waals surface area contributed by atoms with Gasteiger partial charge in [0, 0.05) is 5.56 Å². The number of ether oxygens (including phenoxy) is 4. The molecule has 0 fully saturated rings. The second-order valence-electron chi connectivity index (χ2n) is 6.18.